The van der Waals surface area contributed by atoms with Gasteiger partial charge in [0.25, 0.3) is 0 Å². The van der Waals surface area contributed by atoms with Crippen LogP contribution in [-0.2, 0) is 5.41 Å². The molecular weight excluding hydrogens is 384 g/mol. The Morgan fingerprint density at radius 1 is 0.750 bits per heavy atom. The van der Waals surface area contributed by atoms with Crippen molar-refractivity contribution < 1.29 is 0 Å². The molecule has 0 N–H and O–H groups in total. The number of fused-ring (bicyclic) bond motifs is 3. The van der Waals surface area contributed by atoms with Crippen LogP contribution in [0.5, 0.6) is 0 Å². The lowest BCUT2D eigenvalue weighted by Gasteiger charge is -2.23. The molecule has 0 amide bonds. The maximum Gasteiger partial charge on any atom is 0.0159 e. The monoisotopic (exact) mass is 418 g/mol. The summed E-state index contributed by atoms with van der Waals surface area (Å²) in [6, 6.07) is 22.5. The lowest BCUT2D eigenvalue weighted by atomic mass is 9.80. The van der Waals surface area contributed by atoms with Crippen LogP contribution in [0.4, 0.5) is 0 Å². The topological polar surface area (TPSA) is 0 Å². The second kappa shape index (κ2) is 9.17. The first-order valence-electron chi connectivity index (χ1n) is 11.9. The standard InChI is InChI=1S/C30H28.C2H6/c1-21-11-7-8-14-24(21)26-20-29-27(25-15-9-10-16-28(25)30(29,2)3)19-23(26)18-17-22-12-5-4-6-13-22;1-2/h4-5,7-12,14-20H,6,13H2,1-3H3;1-2H3/b18-17+;. The fraction of sp³-hybridized carbons (Fsp3) is 0.250. The number of allylic oxidation sites excluding steroid dienone is 5. The van der Waals surface area contributed by atoms with Crippen molar-refractivity contribution >= 4 is 6.08 Å². The number of aryl methyl sites for hydroxylation is 1. The van der Waals surface area contributed by atoms with E-state index in [0.717, 1.165) is 12.8 Å². The SMILES string of the molecule is CC.Cc1ccccc1-c1cc2c(cc1/C=C/C1=CC=CCC1)-c1ccccc1C2(C)C. The van der Waals surface area contributed by atoms with Crippen LogP contribution in [0.1, 0.15) is 62.8 Å². The molecule has 0 bridgehead atoms. The van der Waals surface area contributed by atoms with E-state index in [2.05, 4.69) is 112 Å². The Morgan fingerprint density at radius 2 is 1.47 bits per heavy atom. The third-order valence-electron chi connectivity index (χ3n) is 6.71. The minimum Gasteiger partial charge on any atom is -0.0842 e. The molecule has 2 aliphatic carbocycles. The summed E-state index contributed by atoms with van der Waals surface area (Å²) in [6.45, 7) is 10.9. The largest absolute Gasteiger partial charge is 0.0842 e. The zero-order chi connectivity index (χ0) is 22.7. The van der Waals surface area contributed by atoms with E-state index in [0.29, 0.717) is 0 Å². The first-order chi connectivity index (χ1) is 15.6. The molecule has 0 nitrogen and oxygen atoms in total. The zero-order valence-electron chi connectivity index (χ0n) is 20.1. The molecule has 0 aromatic heterocycles. The summed E-state index contributed by atoms with van der Waals surface area (Å²) in [6.07, 6.45) is 13.5. The van der Waals surface area contributed by atoms with Gasteiger partial charge in [-0.1, -0.05) is 107 Å². The van der Waals surface area contributed by atoms with E-state index in [1.165, 1.54) is 50.1 Å². The van der Waals surface area contributed by atoms with Crippen molar-refractivity contribution in [2.75, 3.05) is 0 Å². The minimum atomic E-state index is 0.0162. The van der Waals surface area contributed by atoms with Crippen molar-refractivity contribution in [2.24, 2.45) is 0 Å². The Labute approximate surface area is 194 Å². The summed E-state index contributed by atoms with van der Waals surface area (Å²) in [5.41, 5.74) is 12.3. The smallest absolute Gasteiger partial charge is 0.0159 e. The fourth-order valence-electron chi connectivity index (χ4n) is 4.97. The molecule has 162 valence electrons. The van der Waals surface area contributed by atoms with Gasteiger partial charge < -0.3 is 0 Å². The Morgan fingerprint density at radius 3 is 2.19 bits per heavy atom. The molecule has 0 spiro atoms. The highest BCUT2D eigenvalue weighted by molar-refractivity contribution is 5.88. The molecule has 5 rings (SSSR count). The number of hydrogen-bond donors (Lipinski definition) is 0. The molecule has 0 saturated heterocycles. The van der Waals surface area contributed by atoms with E-state index >= 15 is 0 Å². The molecule has 3 aromatic rings. The quantitative estimate of drug-likeness (QED) is 0.397. The maximum absolute atomic E-state index is 2.45. The predicted octanol–water partition coefficient (Wildman–Crippen LogP) is 9.28. The second-order valence-corrected chi connectivity index (χ2v) is 9.01. The highest BCUT2D eigenvalue weighted by atomic mass is 14.4. The summed E-state index contributed by atoms with van der Waals surface area (Å²) >= 11 is 0. The lowest BCUT2D eigenvalue weighted by molar-refractivity contribution is 0.660. The van der Waals surface area contributed by atoms with Gasteiger partial charge in [-0.05, 0) is 82.0 Å². The minimum absolute atomic E-state index is 0.0162. The van der Waals surface area contributed by atoms with Gasteiger partial charge >= 0.3 is 0 Å². The van der Waals surface area contributed by atoms with Gasteiger partial charge in [-0.15, -0.1) is 0 Å². The summed E-state index contributed by atoms with van der Waals surface area (Å²) in [5, 5.41) is 0. The average molecular weight is 419 g/mol. The van der Waals surface area contributed by atoms with Gasteiger partial charge in [0.15, 0.2) is 0 Å². The van der Waals surface area contributed by atoms with Gasteiger partial charge in [-0.3, -0.25) is 0 Å². The average Bonchev–Trinajstić information content (AvgIpc) is 3.06. The summed E-state index contributed by atoms with van der Waals surface area (Å²) < 4.78 is 0. The number of rotatable bonds is 3. The van der Waals surface area contributed by atoms with Gasteiger partial charge in [0, 0.05) is 5.41 Å². The van der Waals surface area contributed by atoms with Crippen molar-refractivity contribution in [3.8, 4) is 22.3 Å². The molecule has 2 aliphatic rings. The van der Waals surface area contributed by atoms with Crippen molar-refractivity contribution in [2.45, 2.75) is 52.9 Å². The highest BCUT2D eigenvalue weighted by Crippen LogP contribution is 2.50. The highest BCUT2D eigenvalue weighted by Gasteiger charge is 2.35. The zero-order valence-corrected chi connectivity index (χ0v) is 20.1. The van der Waals surface area contributed by atoms with Crippen LogP contribution in [0.3, 0.4) is 0 Å². The summed E-state index contributed by atoms with van der Waals surface area (Å²) in [5.74, 6) is 0. The molecule has 32 heavy (non-hydrogen) atoms. The Balaban J connectivity index is 0.00000119. The first kappa shape index (κ1) is 22.1. The van der Waals surface area contributed by atoms with Crippen LogP contribution < -0.4 is 0 Å². The van der Waals surface area contributed by atoms with E-state index in [9.17, 15) is 0 Å². The molecular formula is C32H34. The molecule has 0 heterocycles. The van der Waals surface area contributed by atoms with E-state index in [-0.39, 0.29) is 5.41 Å². The van der Waals surface area contributed by atoms with Gasteiger partial charge in [0.05, 0.1) is 0 Å². The van der Waals surface area contributed by atoms with Crippen molar-refractivity contribution in [1.29, 1.82) is 0 Å². The summed E-state index contributed by atoms with van der Waals surface area (Å²) in [4.78, 5) is 0. The molecule has 0 unspecified atom stereocenters. The van der Waals surface area contributed by atoms with Crippen LogP contribution in [0.25, 0.3) is 28.3 Å². The fourth-order valence-corrected chi connectivity index (χ4v) is 4.97. The molecule has 0 radical (unpaired) electrons. The first-order valence-corrected chi connectivity index (χ1v) is 11.9. The maximum atomic E-state index is 2.45. The van der Waals surface area contributed by atoms with E-state index in [1.807, 2.05) is 13.8 Å². The molecule has 0 saturated carbocycles. The third-order valence-corrected chi connectivity index (χ3v) is 6.71. The van der Waals surface area contributed by atoms with Crippen molar-refractivity contribution in [1.82, 2.24) is 0 Å². The Kier molecular flexibility index (Phi) is 6.33. The van der Waals surface area contributed by atoms with Gasteiger partial charge in [-0.25, -0.2) is 0 Å². The molecule has 0 aliphatic heterocycles. The molecule has 0 heteroatoms. The lowest BCUT2D eigenvalue weighted by Crippen LogP contribution is -2.15. The van der Waals surface area contributed by atoms with E-state index < -0.39 is 0 Å². The third kappa shape index (κ3) is 3.91. The van der Waals surface area contributed by atoms with Gasteiger partial charge in [0.1, 0.15) is 0 Å². The predicted molar refractivity (Wildman–Crippen MR) is 141 cm³/mol. The van der Waals surface area contributed by atoms with Crippen LogP contribution in [0, 0.1) is 6.92 Å². The Hall–Kier alpha value is -3.12. The van der Waals surface area contributed by atoms with Gasteiger partial charge in [-0.2, -0.15) is 0 Å². The molecule has 0 atom stereocenters. The molecule has 3 aromatic carbocycles. The van der Waals surface area contributed by atoms with Crippen LogP contribution in [0.15, 0.2) is 90.5 Å². The van der Waals surface area contributed by atoms with E-state index in [4.69, 9.17) is 0 Å². The van der Waals surface area contributed by atoms with Crippen LogP contribution in [0.2, 0.25) is 0 Å². The van der Waals surface area contributed by atoms with Crippen LogP contribution in [-0.4, -0.2) is 0 Å². The van der Waals surface area contributed by atoms with Crippen molar-refractivity contribution in [3.05, 3.63) is 113 Å². The van der Waals surface area contributed by atoms with Crippen LogP contribution >= 0.6 is 0 Å². The number of hydrogen-bond acceptors (Lipinski definition) is 0. The second-order valence-electron chi connectivity index (χ2n) is 9.01. The van der Waals surface area contributed by atoms with Gasteiger partial charge in [0.2, 0.25) is 0 Å². The molecule has 0 fully saturated rings. The van der Waals surface area contributed by atoms with E-state index in [1.54, 1.807) is 0 Å². The summed E-state index contributed by atoms with van der Waals surface area (Å²) in [7, 11) is 0. The number of benzene rings is 3. The Bertz CT molecular complexity index is 1210. The van der Waals surface area contributed by atoms with Crippen molar-refractivity contribution in [3.63, 3.8) is 0 Å². The normalized spacial score (nSPS) is 15.6.